The average molecular weight is 388 g/mol. The van der Waals surface area contributed by atoms with Gasteiger partial charge in [0.2, 0.25) is 0 Å². The summed E-state index contributed by atoms with van der Waals surface area (Å²) in [6.45, 7) is 3.52. The number of fused-ring (bicyclic) bond motifs is 1. The smallest absolute Gasteiger partial charge is 0.419 e. The van der Waals surface area contributed by atoms with Gasteiger partial charge >= 0.3 is 6.18 Å². The van der Waals surface area contributed by atoms with Crippen LogP contribution in [0.1, 0.15) is 48.1 Å². The van der Waals surface area contributed by atoms with Crippen LogP contribution in [0.2, 0.25) is 0 Å². The Morgan fingerprint density at radius 1 is 1.14 bits per heavy atom. The Balaban J connectivity index is 2.00. The minimum absolute atomic E-state index is 0.168. The predicted octanol–water partition coefficient (Wildman–Crippen LogP) is 5.48. The second kappa shape index (κ2) is 8.17. The van der Waals surface area contributed by atoms with Gasteiger partial charge in [-0.25, -0.2) is 4.99 Å². The molecular formula is C22H23F3N2O. The molecule has 0 aromatic heterocycles. The van der Waals surface area contributed by atoms with Crippen molar-refractivity contribution in [2.75, 3.05) is 13.7 Å². The number of hydrogen-bond acceptors (Lipinski definition) is 2. The zero-order valence-corrected chi connectivity index (χ0v) is 16.2. The Labute approximate surface area is 163 Å². The minimum Gasteiger partial charge on any atom is -0.493 e. The molecule has 1 aliphatic carbocycles. The van der Waals surface area contributed by atoms with Crippen LogP contribution in [0.3, 0.4) is 0 Å². The molecule has 0 spiro atoms. The molecule has 28 heavy (non-hydrogen) atoms. The standard InChI is InChI=1S/C22H23F3N2O/c1-4-28-20-12-11-16(13-19(20)22(23,24)25)14(2)27-21(26-3)18-10-6-8-15-7-5-9-17(15)18/h6,8,10-13H,4-5,7,9H2,1-3H3. The van der Waals surface area contributed by atoms with Crippen LogP contribution in [-0.4, -0.2) is 25.2 Å². The Hall–Kier alpha value is -2.63. The van der Waals surface area contributed by atoms with Crippen molar-refractivity contribution < 1.29 is 17.9 Å². The molecule has 0 amide bonds. The lowest BCUT2D eigenvalue weighted by atomic mass is 10.0. The Kier molecular flexibility index (Phi) is 5.87. The highest BCUT2D eigenvalue weighted by molar-refractivity contribution is 6.12. The van der Waals surface area contributed by atoms with E-state index in [-0.39, 0.29) is 12.4 Å². The van der Waals surface area contributed by atoms with Crippen LogP contribution >= 0.6 is 0 Å². The largest absolute Gasteiger partial charge is 0.493 e. The highest BCUT2D eigenvalue weighted by atomic mass is 19.4. The number of nitrogens with zero attached hydrogens (tertiary/aromatic N) is 2. The fraction of sp³-hybridized carbons (Fsp3) is 0.364. The molecule has 0 saturated heterocycles. The van der Waals surface area contributed by atoms with Gasteiger partial charge in [0.05, 0.1) is 12.2 Å². The molecule has 0 radical (unpaired) electrons. The van der Waals surface area contributed by atoms with E-state index in [0.717, 1.165) is 30.9 Å². The monoisotopic (exact) mass is 388 g/mol. The Morgan fingerprint density at radius 3 is 2.61 bits per heavy atom. The third kappa shape index (κ3) is 4.11. The maximum absolute atomic E-state index is 13.4. The van der Waals surface area contributed by atoms with Crippen molar-refractivity contribution in [1.82, 2.24) is 0 Å². The van der Waals surface area contributed by atoms with E-state index in [0.29, 0.717) is 17.1 Å². The van der Waals surface area contributed by atoms with E-state index < -0.39 is 11.7 Å². The van der Waals surface area contributed by atoms with Gasteiger partial charge in [-0.3, -0.25) is 4.99 Å². The highest BCUT2D eigenvalue weighted by Gasteiger charge is 2.34. The fourth-order valence-electron chi connectivity index (χ4n) is 3.54. The average Bonchev–Trinajstić information content (AvgIpc) is 3.14. The summed E-state index contributed by atoms with van der Waals surface area (Å²) in [5, 5.41) is 0. The first-order chi connectivity index (χ1) is 13.3. The van der Waals surface area contributed by atoms with Crippen LogP contribution < -0.4 is 4.74 Å². The second-order valence-electron chi connectivity index (χ2n) is 6.68. The number of halogens is 3. The molecule has 2 aromatic carbocycles. The Bertz CT molecular complexity index is 930. The first-order valence-electron chi connectivity index (χ1n) is 9.32. The number of alkyl halides is 3. The van der Waals surface area contributed by atoms with E-state index in [2.05, 4.69) is 16.1 Å². The second-order valence-corrected chi connectivity index (χ2v) is 6.68. The maximum Gasteiger partial charge on any atom is 0.419 e. The van der Waals surface area contributed by atoms with Gasteiger partial charge in [0.15, 0.2) is 5.84 Å². The first kappa shape index (κ1) is 20.1. The molecule has 3 rings (SSSR count). The van der Waals surface area contributed by atoms with Gasteiger partial charge in [-0.1, -0.05) is 18.2 Å². The molecule has 2 aromatic rings. The molecule has 0 atom stereocenters. The van der Waals surface area contributed by atoms with Crippen molar-refractivity contribution in [2.24, 2.45) is 9.98 Å². The van der Waals surface area contributed by atoms with Crippen LogP contribution in [0.5, 0.6) is 5.75 Å². The highest BCUT2D eigenvalue weighted by Crippen LogP contribution is 2.37. The van der Waals surface area contributed by atoms with Gasteiger partial charge < -0.3 is 4.74 Å². The molecule has 0 N–H and O–H groups in total. The molecule has 148 valence electrons. The number of aryl methyl sites for hydroxylation is 1. The number of ether oxygens (including phenoxy) is 1. The number of amidine groups is 1. The van der Waals surface area contributed by atoms with Crippen LogP contribution in [0.15, 0.2) is 46.4 Å². The van der Waals surface area contributed by atoms with E-state index in [1.54, 1.807) is 27.0 Å². The Morgan fingerprint density at radius 2 is 1.93 bits per heavy atom. The summed E-state index contributed by atoms with van der Waals surface area (Å²) in [5.41, 5.74) is 3.57. The maximum atomic E-state index is 13.4. The van der Waals surface area contributed by atoms with E-state index in [4.69, 9.17) is 4.74 Å². The van der Waals surface area contributed by atoms with Gasteiger partial charge in [0.1, 0.15) is 5.75 Å². The molecule has 0 heterocycles. The van der Waals surface area contributed by atoms with Crippen molar-refractivity contribution in [3.05, 3.63) is 64.2 Å². The molecular weight excluding hydrogens is 365 g/mol. The van der Waals surface area contributed by atoms with Crippen LogP contribution in [0.4, 0.5) is 13.2 Å². The molecule has 0 bridgehead atoms. The van der Waals surface area contributed by atoms with Gasteiger partial charge in [-0.15, -0.1) is 0 Å². The van der Waals surface area contributed by atoms with E-state index >= 15 is 0 Å². The number of aliphatic imine (C=N–C) groups is 2. The summed E-state index contributed by atoms with van der Waals surface area (Å²) in [7, 11) is 1.65. The van der Waals surface area contributed by atoms with Crippen LogP contribution in [0.25, 0.3) is 0 Å². The van der Waals surface area contributed by atoms with Crippen LogP contribution in [-0.2, 0) is 19.0 Å². The fourth-order valence-corrected chi connectivity index (χ4v) is 3.54. The lowest BCUT2D eigenvalue weighted by Gasteiger charge is -2.15. The van der Waals surface area contributed by atoms with Gasteiger partial charge in [-0.05, 0) is 68.0 Å². The molecule has 0 aliphatic heterocycles. The quantitative estimate of drug-likeness (QED) is 0.504. The summed E-state index contributed by atoms with van der Waals surface area (Å²) in [6, 6.07) is 10.1. The third-order valence-electron chi connectivity index (χ3n) is 4.87. The molecule has 3 nitrogen and oxygen atoms in total. The summed E-state index contributed by atoms with van der Waals surface area (Å²) < 4.78 is 45.4. The van der Waals surface area contributed by atoms with Crippen LogP contribution in [0, 0.1) is 0 Å². The molecule has 0 unspecified atom stereocenters. The third-order valence-corrected chi connectivity index (χ3v) is 4.87. The van der Waals surface area contributed by atoms with Gasteiger partial charge in [-0.2, -0.15) is 13.2 Å². The summed E-state index contributed by atoms with van der Waals surface area (Å²) in [4.78, 5) is 8.87. The summed E-state index contributed by atoms with van der Waals surface area (Å²) in [6.07, 6.45) is -1.39. The SMILES string of the molecule is CCOc1ccc(C(C)=NC(=NC)c2cccc3c2CCC3)cc1C(F)(F)F. The van der Waals surface area contributed by atoms with Crippen molar-refractivity contribution >= 4 is 11.5 Å². The minimum atomic E-state index is -4.50. The van der Waals surface area contributed by atoms with Crippen molar-refractivity contribution in [1.29, 1.82) is 0 Å². The summed E-state index contributed by atoms with van der Waals surface area (Å²) in [5.74, 6) is 0.371. The van der Waals surface area contributed by atoms with Crippen molar-refractivity contribution in [3.8, 4) is 5.75 Å². The molecule has 0 saturated carbocycles. The number of benzene rings is 2. The van der Waals surface area contributed by atoms with Gasteiger partial charge in [0.25, 0.3) is 0 Å². The number of rotatable bonds is 4. The lowest BCUT2D eigenvalue weighted by Crippen LogP contribution is -2.11. The van der Waals surface area contributed by atoms with E-state index in [1.807, 2.05) is 12.1 Å². The summed E-state index contributed by atoms with van der Waals surface area (Å²) >= 11 is 0. The zero-order valence-electron chi connectivity index (χ0n) is 16.2. The molecule has 0 fully saturated rings. The zero-order chi connectivity index (χ0) is 20.3. The lowest BCUT2D eigenvalue weighted by molar-refractivity contribution is -0.138. The van der Waals surface area contributed by atoms with Gasteiger partial charge in [0, 0.05) is 18.3 Å². The van der Waals surface area contributed by atoms with Crippen molar-refractivity contribution in [3.63, 3.8) is 0 Å². The number of hydrogen-bond donors (Lipinski definition) is 0. The molecule has 1 aliphatic rings. The topological polar surface area (TPSA) is 34.0 Å². The predicted molar refractivity (Wildman–Crippen MR) is 106 cm³/mol. The first-order valence-corrected chi connectivity index (χ1v) is 9.32. The van der Waals surface area contributed by atoms with E-state index in [9.17, 15) is 13.2 Å². The van der Waals surface area contributed by atoms with Crippen molar-refractivity contribution in [2.45, 2.75) is 39.3 Å². The normalized spacial score (nSPS) is 14.9. The molecule has 6 heteroatoms. The van der Waals surface area contributed by atoms with E-state index in [1.165, 1.54) is 17.2 Å².